The first-order valence-electron chi connectivity index (χ1n) is 6.96. The summed E-state index contributed by atoms with van der Waals surface area (Å²) in [6, 6.07) is 11.6. The number of carbonyl (C=O) groups is 1. The van der Waals surface area contributed by atoms with Crippen molar-refractivity contribution in [3.63, 3.8) is 0 Å². The molecule has 2 aromatic rings. The van der Waals surface area contributed by atoms with E-state index < -0.39 is 0 Å². The summed E-state index contributed by atoms with van der Waals surface area (Å²) in [4.78, 5) is 14.3. The molecule has 1 fully saturated rings. The first-order chi connectivity index (χ1) is 9.84. The molecule has 2 heterocycles. The van der Waals surface area contributed by atoms with Gasteiger partial charge in [0.15, 0.2) is 5.69 Å². The minimum Gasteiger partial charge on any atom is -0.336 e. The van der Waals surface area contributed by atoms with Crippen LogP contribution in [0.2, 0.25) is 0 Å². The number of amides is 1. The second kappa shape index (κ2) is 7.24. The fourth-order valence-corrected chi connectivity index (χ4v) is 2.37. The molecule has 0 atom stereocenters. The average molecular weight is 307 g/mol. The summed E-state index contributed by atoms with van der Waals surface area (Å²) in [5, 5.41) is 7.69. The van der Waals surface area contributed by atoms with Gasteiger partial charge in [0.2, 0.25) is 0 Å². The van der Waals surface area contributed by atoms with E-state index in [0.717, 1.165) is 38.3 Å². The number of nitrogens with zero attached hydrogens (tertiary/aromatic N) is 3. The van der Waals surface area contributed by atoms with Gasteiger partial charge in [-0.05, 0) is 31.2 Å². The predicted molar refractivity (Wildman–Crippen MR) is 84.2 cm³/mol. The van der Waals surface area contributed by atoms with E-state index in [9.17, 15) is 4.79 Å². The molecule has 0 radical (unpaired) electrons. The van der Waals surface area contributed by atoms with Crippen molar-refractivity contribution in [2.45, 2.75) is 6.42 Å². The van der Waals surface area contributed by atoms with Crippen molar-refractivity contribution in [2.75, 3.05) is 26.2 Å². The summed E-state index contributed by atoms with van der Waals surface area (Å²) < 4.78 is 1.74. The molecule has 3 rings (SSSR count). The molecule has 1 N–H and O–H groups in total. The minimum atomic E-state index is 0. The standard InChI is InChI=1S/C15H18N4O.ClH/c20-15(18-10-4-8-16-9-12-18)14-7-11-19(17-14)13-5-2-1-3-6-13;/h1-3,5-7,11,16H,4,8-10,12H2;1H. The minimum absolute atomic E-state index is 0. The molecule has 5 nitrogen and oxygen atoms in total. The number of para-hydroxylation sites is 1. The highest BCUT2D eigenvalue weighted by Gasteiger charge is 2.19. The normalized spacial score (nSPS) is 15.1. The Morgan fingerprint density at radius 1 is 1.10 bits per heavy atom. The quantitative estimate of drug-likeness (QED) is 0.919. The van der Waals surface area contributed by atoms with Crippen LogP contribution in [-0.2, 0) is 0 Å². The molecular weight excluding hydrogens is 288 g/mol. The third-order valence-electron chi connectivity index (χ3n) is 3.46. The van der Waals surface area contributed by atoms with Gasteiger partial charge in [-0.15, -0.1) is 12.4 Å². The van der Waals surface area contributed by atoms with Crippen LogP contribution >= 0.6 is 12.4 Å². The Bertz CT molecular complexity index is 576. The van der Waals surface area contributed by atoms with Gasteiger partial charge in [0.25, 0.3) is 5.91 Å². The highest BCUT2D eigenvalue weighted by molar-refractivity contribution is 5.92. The van der Waals surface area contributed by atoms with Crippen LogP contribution in [0.25, 0.3) is 5.69 Å². The predicted octanol–water partition coefficient (Wildman–Crippen LogP) is 1.73. The summed E-state index contributed by atoms with van der Waals surface area (Å²) in [7, 11) is 0. The van der Waals surface area contributed by atoms with Gasteiger partial charge in [-0.3, -0.25) is 4.79 Å². The van der Waals surface area contributed by atoms with E-state index >= 15 is 0 Å². The first-order valence-corrected chi connectivity index (χ1v) is 6.96. The summed E-state index contributed by atoms with van der Waals surface area (Å²) >= 11 is 0. The first kappa shape index (κ1) is 15.5. The Kier molecular flexibility index (Phi) is 5.36. The van der Waals surface area contributed by atoms with Crippen molar-refractivity contribution in [1.82, 2.24) is 20.0 Å². The largest absolute Gasteiger partial charge is 0.336 e. The van der Waals surface area contributed by atoms with Crippen molar-refractivity contribution in [3.05, 3.63) is 48.3 Å². The zero-order valence-corrected chi connectivity index (χ0v) is 12.6. The molecule has 0 aliphatic carbocycles. The third-order valence-corrected chi connectivity index (χ3v) is 3.46. The van der Waals surface area contributed by atoms with Crippen LogP contribution in [0.3, 0.4) is 0 Å². The fraction of sp³-hybridized carbons (Fsp3) is 0.333. The molecule has 112 valence electrons. The van der Waals surface area contributed by atoms with Gasteiger partial charge in [0, 0.05) is 25.8 Å². The van der Waals surface area contributed by atoms with Crippen molar-refractivity contribution < 1.29 is 4.79 Å². The van der Waals surface area contributed by atoms with Gasteiger partial charge in [-0.1, -0.05) is 18.2 Å². The number of hydrogen-bond donors (Lipinski definition) is 1. The lowest BCUT2D eigenvalue weighted by molar-refractivity contribution is 0.0760. The molecule has 21 heavy (non-hydrogen) atoms. The number of carbonyl (C=O) groups excluding carboxylic acids is 1. The van der Waals surface area contributed by atoms with E-state index in [1.54, 1.807) is 10.7 Å². The maximum absolute atomic E-state index is 12.4. The Morgan fingerprint density at radius 3 is 2.71 bits per heavy atom. The number of nitrogens with one attached hydrogen (secondary N) is 1. The number of hydrogen-bond acceptors (Lipinski definition) is 3. The third kappa shape index (κ3) is 3.62. The van der Waals surface area contributed by atoms with Crippen molar-refractivity contribution >= 4 is 18.3 Å². The molecular formula is C15H19ClN4O. The van der Waals surface area contributed by atoms with E-state index in [2.05, 4.69) is 10.4 Å². The average Bonchev–Trinajstić information content (AvgIpc) is 2.83. The number of halogens is 1. The van der Waals surface area contributed by atoms with Crippen LogP contribution in [0.1, 0.15) is 16.9 Å². The van der Waals surface area contributed by atoms with E-state index in [1.807, 2.05) is 41.4 Å². The SMILES string of the molecule is Cl.O=C(c1ccn(-c2ccccc2)n1)N1CCCNCC1. The zero-order valence-electron chi connectivity index (χ0n) is 11.7. The summed E-state index contributed by atoms with van der Waals surface area (Å²) in [6.07, 6.45) is 2.82. The number of rotatable bonds is 2. The smallest absolute Gasteiger partial charge is 0.274 e. The lowest BCUT2D eigenvalue weighted by Gasteiger charge is -2.18. The molecule has 0 saturated carbocycles. The van der Waals surface area contributed by atoms with Crippen LogP contribution in [-0.4, -0.2) is 46.8 Å². The van der Waals surface area contributed by atoms with Gasteiger partial charge >= 0.3 is 0 Å². The molecule has 1 aliphatic heterocycles. The Labute approximate surface area is 130 Å². The fourth-order valence-electron chi connectivity index (χ4n) is 2.37. The monoisotopic (exact) mass is 306 g/mol. The van der Waals surface area contributed by atoms with Gasteiger partial charge < -0.3 is 10.2 Å². The molecule has 0 bridgehead atoms. The van der Waals surface area contributed by atoms with Gasteiger partial charge in [-0.2, -0.15) is 5.10 Å². The second-order valence-electron chi connectivity index (χ2n) is 4.88. The maximum atomic E-state index is 12.4. The molecule has 0 unspecified atom stereocenters. The zero-order chi connectivity index (χ0) is 13.8. The van der Waals surface area contributed by atoms with E-state index in [0.29, 0.717) is 5.69 Å². The molecule has 0 spiro atoms. The molecule has 6 heteroatoms. The van der Waals surface area contributed by atoms with Crippen LogP contribution in [0, 0.1) is 0 Å². The number of benzene rings is 1. The summed E-state index contributed by atoms with van der Waals surface area (Å²) in [5.41, 5.74) is 1.47. The van der Waals surface area contributed by atoms with E-state index in [-0.39, 0.29) is 18.3 Å². The Balaban J connectivity index is 0.00000161. The highest BCUT2D eigenvalue weighted by Crippen LogP contribution is 2.09. The lowest BCUT2D eigenvalue weighted by Crippen LogP contribution is -2.34. The lowest BCUT2D eigenvalue weighted by atomic mass is 10.3. The topological polar surface area (TPSA) is 50.2 Å². The van der Waals surface area contributed by atoms with Crippen LogP contribution in [0.4, 0.5) is 0 Å². The van der Waals surface area contributed by atoms with Gasteiger partial charge in [0.05, 0.1) is 5.69 Å². The van der Waals surface area contributed by atoms with Crippen LogP contribution in [0.15, 0.2) is 42.6 Å². The summed E-state index contributed by atoms with van der Waals surface area (Å²) in [5.74, 6) is 0.0170. The summed E-state index contributed by atoms with van der Waals surface area (Å²) in [6.45, 7) is 3.37. The molecule has 1 saturated heterocycles. The molecule has 1 aliphatic rings. The number of aromatic nitrogens is 2. The molecule has 1 aromatic carbocycles. The van der Waals surface area contributed by atoms with Crippen molar-refractivity contribution in [2.24, 2.45) is 0 Å². The molecule has 1 amide bonds. The van der Waals surface area contributed by atoms with E-state index in [4.69, 9.17) is 0 Å². The Morgan fingerprint density at radius 2 is 1.90 bits per heavy atom. The van der Waals surface area contributed by atoms with Crippen molar-refractivity contribution in [1.29, 1.82) is 0 Å². The van der Waals surface area contributed by atoms with E-state index in [1.165, 1.54) is 0 Å². The Hall–Kier alpha value is -1.85. The van der Waals surface area contributed by atoms with Crippen LogP contribution < -0.4 is 5.32 Å². The molecule has 1 aromatic heterocycles. The van der Waals surface area contributed by atoms with Crippen molar-refractivity contribution in [3.8, 4) is 5.69 Å². The highest BCUT2D eigenvalue weighted by atomic mass is 35.5. The van der Waals surface area contributed by atoms with Gasteiger partial charge in [0.1, 0.15) is 0 Å². The van der Waals surface area contributed by atoms with Crippen LogP contribution in [0.5, 0.6) is 0 Å². The second-order valence-corrected chi connectivity index (χ2v) is 4.88. The maximum Gasteiger partial charge on any atom is 0.274 e. The van der Waals surface area contributed by atoms with Gasteiger partial charge in [-0.25, -0.2) is 4.68 Å².